The summed E-state index contributed by atoms with van der Waals surface area (Å²) in [6.45, 7) is -1.56. The summed E-state index contributed by atoms with van der Waals surface area (Å²) >= 11 is 0.904. The Bertz CT molecular complexity index is 1060. The van der Waals surface area contributed by atoms with Crippen molar-refractivity contribution in [3.63, 3.8) is 0 Å². The first-order valence-electron chi connectivity index (χ1n) is 8.89. The SMILES string of the molecule is O=C(Nc1ccc(CN2C(=O)CSC2=O)cc1)c1cc(OCC(F)(F)F)ccc1[N+](=O)[O-]. The fraction of sp³-hybridized carbons (Fsp3) is 0.211. The van der Waals surface area contributed by atoms with Crippen LogP contribution in [0.4, 0.5) is 29.3 Å². The van der Waals surface area contributed by atoms with Gasteiger partial charge in [0.1, 0.15) is 11.3 Å². The first-order valence-corrected chi connectivity index (χ1v) is 9.87. The Labute approximate surface area is 182 Å². The Kier molecular flexibility index (Phi) is 6.67. The van der Waals surface area contributed by atoms with E-state index >= 15 is 0 Å². The maximum atomic E-state index is 12.5. The number of hydrogen-bond acceptors (Lipinski definition) is 7. The fourth-order valence-electron chi connectivity index (χ4n) is 2.72. The lowest BCUT2D eigenvalue weighted by molar-refractivity contribution is -0.385. The van der Waals surface area contributed by atoms with E-state index in [4.69, 9.17) is 0 Å². The largest absolute Gasteiger partial charge is 0.484 e. The summed E-state index contributed by atoms with van der Waals surface area (Å²) in [6, 6.07) is 8.73. The highest BCUT2D eigenvalue weighted by Crippen LogP contribution is 2.27. The Morgan fingerprint density at radius 3 is 2.44 bits per heavy atom. The summed E-state index contributed by atoms with van der Waals surface area (Å²) in [5.41, 5.74) is -0.241. The van der Waals surface area contributed by atoms with E-state index in [0.29, 0.717) is 5.56 Å². The van der Waals surface area contributed by atoms with Crippen molar-refractivity contribution in [3.8, 4) is 5.75 Å². The second-order valence-corrected chi connectivity index (χ2v) is 7.45. The van der Waals surface area contributed by atoms with E-state index in [1.807, 2.05) is 0 Å². The van der Waals surface area contributed by atoms with Gasteiger partial charge in [-0.15, -0.1) is 0 Å². The number of thioether (sulfide) groups is 1. The molecule has 1 aliphatic heterocycles. The molecule has 1 fully saturated rings. The molecule has 1 N–H and O–H groups in total. The number of nitro benzene ring substituents is 1. The summed E-state index contributed by atoms with van der Waals surface area (Å²) in [6.07, 6.45) is -4.62. The molecule has 3 amide bonds. The van der Waals surface area contributed by atoms with Gasteiger partial charge in [-0.3, -0.25) is 29.4 Å². The van der Waals surface area contributed by atoms with E-state index in [1.165, 1.54) is 12.1 Å². The van der Waals surface area contributed by atoms with Crippen molar-refractivity contribution < 1.29 is 37.2 Å². The smallest absolute Gasteiger partial charge is 0.422 e. The zero-order chi connectivity index (χ0) is 23.5. The maximum Gasteiger partial charge on any atom is 0.422 e. The molecule has 0 unspecified atom stereocenters. The second-order valence-electron chi connectivity index (χ2n) is 6.53. The van der Waals surface area contributed by atoms with Crippen molar-refractivity contribution in [3.05, 3.63) is 63.7 Å². The molecule has 0 spiro atoms. The molecule has 2 aromatic carbocycles. The van der Waals surface area contributed by atoms with Crippen molar-refractivity contribution in [2.24, 2.45) is 0 Å². The van der Waals surface area contributed by atoms with Gasteiger partial charge in [-0.2, -0.15) is 13.2 Å². The summed E-state index contributed by atoms with van der Waals surface area (Å²) < 4.78 is 41.6. The Balaban J connectivity index is 1.73. The van der Waals surface area contributed by atoms with Crippen LogP contribution in [0.1, 0.15) is 15.9 Å². The van der Waals surface area contributed by atoms with Crippen molar-refractivity contribution in [1.29, 1.82) is 0 Å². The number of ether oxygens (including phenoxy) is 1. The average molecular weight is 469 g/mol. The average Bonchev–Trinajstić information content (AvgIpc) is 3.04. The number of carbonyl (C=O) groups is 3. The summed E-state index contributed by atoms with van der Waals surface area (Å²) in [4.78, 5) is 47.3. The van der Waals surface area contributed by atoms with Crippen LogP contribution in [0, 0.1) is 10.1 Å². The maximum absolute atomic E-state index is 12.5. The van der Waals surface area contributed by atoms with Gasteiger partial charge in [-0.1, -0.05) is 23.9 Å². The minimum atomic E-state index is -4.62. The Hall–Kier alpha value is -3.61. The number of amides is 3. The van der Waals surface area contributed by atoms with Gasteiger partial charge >= 0.3 is 6.18 Å². The molecule has 13 heteroatoms. The normalized spacial score (nSPS) is 13.9. The van der Waals surface area contributed by atoms with Gasteiger partial charge in [0.15, 0.2) is 6.61 Å². The Morgan fingerprint density at radius 2 is 1.88 bits per heavy atom. The topological polar surface area (TPSA) is 119 Å². The molecule has 0 radical (unpaired) electrons. The monoisotopic (exact) mass is 469 g/mol. The number of alkyl halides is 3. The van der Waals surface area contributed by atoms with Crippen LogP contribution >= 0.6 is 11.8 Å². The minimum Gasteiger partial charge on any atom is -0.484 e. The first kappa shape index (κ1) is 23.1. The van der Waals surface area contributed by atoms with Gasteiger partial charge in [-0.25, -0.2) is 0 Å². The number of rotatable bonds is 7. The molecule has 0 bridgehead atoms. The molecular formula is C19H14F3N3O6S. The number of benzene rings is 2. The number of nitrogens with zero attached hydrogens (tertiary/aromatic N) is 2. The highest BCUT2D eigenvalue weighted by Gasteiger charge is 2.30. The predicted molar refractivity (Wildman–Crippen MR) is 107 cm³/mol. The van der Waals surface area contributed by atoms with Gasteiger partial charge in [0.2, 0.25) is 5.91 Å². The van der Waals surface area contributed by atoms with Gasteiger partial charge in [0, 0.05) is 11.8 Å². The van der Waals surface area contributed by atoms with Crippen LogP contribution < -0.4 is 10.1 Å². The molecule has 2 aromatic rings. The number of carbonyl (C=O) groups excluding carboxylic acids is 3. The number of hydrogen-bond donors (Lipinski definition) is 1. The fourth-order valence-corrected chi connectivity index (χ4v) is 3.44. The van der Waals surface area contributed by atoms with Gasteiger partial charge < -0.3 is 10.1 Å². The van der Waals surface area contributed by atoms with E-state index in [2.05, 4.69) is 10.1 Å². The zero-order valence-corrected chi connectivity index (χ0v) is 16.9. The molecule has 1 aliphatic rings. The molecule has 1 saturated heterocycles. The summed E-state index contributed by atoms with van der Waals surface area (Å²) in [5, 5.41) is 13.3. The molecule has 9 nitrogen and oxygen atoms in total. The van der Waals surface area contributed by atoms with Crippen molar-refractivity contribution >= 4 is 40.2 Å². The first-order chi connectivity index (χ1) is 15.0. The number of halogens is 3. The number of nitro groups is 1. The third-order valence-corrected chi connectivity index (χ3v) is 5.06. The molecule has 0 aromatic heterocycles. The molecule has 168 valence electrons. The molecule has 3 rings (SSSR count). The molecule has 0 aliphatic carbocycles. The summed E-state index contributed by atoms with van der Waals surface area (Å²) in [5.74, 6) is -1.51. The van der Waals surface area contributed by atoms with Crippen molar-refractivity contribution in [2.45, 2.75) is 12.7 Å². The number of anilines is 1. The summed E-state index contributed by atoms with van der Waals surface area (Å²) in [7, 11) is 0. The van der Waals surface area contributed by atoms with E-state index in [1.54, 1.807) is 12.1 Å². The van der Waals surface area contributed by atoms with Crippen LogP contribution in [0.25, 0.3) is 0 Å². The third kappa shape index (κ3) is 5.75. The second kappa shape index (κ2) is 9.26. The van der Waals surface area contributed by atoms with Crippen LogP contribution in [0.5, 0.6) is 5.75 Å². The molecule has 32 heavy (non-hydrogen) atoms. The number of nitrogens with one attached hydrogen (secondary N) is 1. The third-order valence-electron chi connectivity index (χ3n) is 4.20. The molecule has 1 heterocycles. The van der Waals surface area contributed by atoms with E-state index in [-0.39, 0.29) is 34.9 Å². The zero-order valence-electron chi connectivity index (χ0n) is 16.0. The lowest BCUT2D eigenvalue weighted by atomic mass is 10.1. The van der Waals surface area contributed by atoms with Gasteiger partial charge in [0.05, 0.1) is 17.2 Å². The highest BCUT2D eigenvalue weighted by molar-refractivity contribution is 8.14. The lowest BCUT2D eigenvalue weighted by Crippen LogP contribution is -2.27. The van der Waals surface area contributed by atoms with Gasteiger partial charge in [0.25, 0.3) is 16.8 Å². The lowest BCUT2D eigenvalue weighted by Gasteiger charge is -2.13. The molecular weight excluding hydrogens is 455 g/mol. The van der Waals surface area contributed by atoms with E-state index in [9.17, 15) is 37.7 Å². The van der Waals surface area contributed by atoms with Gasteiger partial charge in [-0.05, 0) is 29.8 Å². The molecule has 0 atom stereocenters. The quantitative estimate of drug-likeness (QED) is 0.481. The predicted octanol–water partition coefficient (Wildman–Crippen LogP) is 3.98. The van der Waals surface area contributed by atoms with Crippen LogP contribution in [0.2, 0.25) is 0 Å². The van der Waals surface area contributed by atoms with E-state index in [0.717, 1.165) is 34.9 Å². The minimum absolute atomic E-state index is 0.0585. The van der Waals surface area contributed by atoms with Crippen molar-refractivity contribution in [1.82, 2.24) is 4.90 Å². The van der Waals surface area contributed by atoms with Crippen LogP contribution in [0.15, 0.2) is 42.5 Å². The van der Waals surface area contributed by atoms with E-state index < -0.39 is 34.9 Å². The van der Waals surface area contributed by atoms with Crippen molar-refractivity contribution in [2.75, 3.05) is 17.7 Å². The van der Waals surface area contributed by atoms with Crippen LogP contribution in [-0.4, -0.2) is 45.4 Å². The van der Waals surface area contributed by atoms with Crippen LogP contribution in [-0.2, 0) is 11.3 Å². The standard InChI is InChI=1S/C19H14F3N3O6S/c20-19(21,22)10-31-13-5-6-15(25(29)30)14(7-13)17(27)23-12-3-1-11(2-4-12)8-24-16(26)9-32-18(24)28/h1-7H,8-10H2,(H,23,27). The van der Waals surface area contributed by atoms with Crippen LogP contribution in [0.3, 0.4) is 0 Å². The highest BCUT2D eigenvalue weighted by atomic mass is 32.2. The number of imide groups is 1. The Morgan fingerprint density at radius 1 is 1.19 bits per heavy atom. The molecule has 0 saturated carbocycles.